The van der Waals surface area contributed by atoms with E-state index in [9.17, 15) is 4.79 Å². The topological polar surface area (TPSA) is 69.6 Å². The normalized spacial score (nSPS) is 18.5. The average molecular weight is 542 g/mol. The van der Waals surface area contributed by atoms with Crippen LogP contribution in [0.5, 0.6) is 0 Å². The molecule has 0 saturated heterocycles. The van der Waals surface area contributed by atoms with Gasteiger partial charge in [0.2, 0.25) is 0 Å². The van der Waals surface area contributed by atoms with E-state index in [1.807, 2.05) is 54.6 Å². The predicted molar refractivity (Wildman–Crippen MR) is 135 cm³/mol. The summed E-state index contributed by atoms with van der Waals surface area (Å²) in [6.07, 6.45) is 2.38. The fourth-order valence-corrected chi connectivity index (χ4v) is 4.98. The number of nitrogens with zero attached hydrogens (tertiary/aromatic N) is 2. The number of aromatic nitrogens is 1. The van der Waals surface area contributed by atoms with Gasteiger partial charge in [0, 0.05) is 38.0 Å². The summed E-state index contributed by atoms with van der Waals surface area (Å²) < 4.78 is 1.01. The van der Waals surface area contributed by atoms with Crippen LogP contribution < -0.4 is 5.32 Å². The number of aromatic amines is 1. The summed E-state index contributed by atoms with van der Waals surface area (Å²) in [5, 5.41) is 14.1. The molecule has 0 radical (unpaired) electrons. The molecule has 2 heterocycles. The molecule has 1 aliphatic rings. The zero-order valence-corrected chi connectivity index (χ0v) is 20.4. The molecule has 0 saturated carbocycles. The van der Waals surface area contributed by atoms with Crippen molar-refractivity contribution in [1.82, 2.24) is 10.3 Å². The van der Waals surface area contributed by atoms with Gasteiger partial charge in [-0.1, -0.05) is 75.5 Å². The van der Waals surface area contributed by atoms with Crippen molar-refractivity contribution >= 4 is 55.9 Å². The molecule has 3 unspecified atom stereocenters. The minimum absolute atomic E-state index is 0.0818. The number of hydrogen-bond donors (Lipinski definition) is 2. The Hall–Kier alpha value is -2.67. The minimum Gasteiger partial charge on any atom is -0.360 e. The number of carbonyl (C=O) groups is 1. The van der Waals surface area contributed by atoms with Crippen molar-refractivity contribution in [3.8, 4) is 0 Å². The monoisotopic (exact) mass is 540 g/mol. The first-order valence-corrected chi connectivity index (χ1v) is 12.0. The second kappa shape index (κ2) is 9.29. The van der Waals surface area contributed by atoms with Gasteiger partial charge in [0.1, 0.15) is 0 Å². The molecule has 0 fully saturated rings. The van der Waals surface area contributed by atoms with Crippen LogP contribution in [0, 0.1) is 0 Å². The second-order valence-electron chi connectivity index (χ2n) is 7.97. The van der Waals surface area contributed by atoms with Crippen molar-refractivity contribution in [2.75, 3.05) is 0 Å². The highest BCUT2D eigenvalue weighted by molar-refractivity contribution is 9.10. The summed E-state index contributed by atoms with van der Waals surface area (Å²) in [6, 6.07) is 20.2. The van der Waals surface area contributed by atoms with Crippen molar-refractivity contribution < 1.29 is 4.79 Å². The van der Waals surface area contributed by atoms with Crippen molar-refractivity contribution in [1.29, 1.82) is 0 Å². The number of nitrogens with one attached hydrogen (secondary N) is 2. The first-order valence-electron chi connectivity index (χ1n) is 10.5. The zero-order valence-electron chi connectivity index (χ0n) is 17.3. The Morgan fingerprint density at radius 2 is 1.85 bits per heavy atom. The van der Waals surface area contributed by atoms with Gasteiger partial charge in [0.05, 0.1) is 23.7 Å². The molecule has 166 valence electrons. The van der Waals surface area contributed by atoms with Crippen molar-refractivity contribution in [3.05, 3.63) is 104 Å². The Labute approximate surface area is 209 Å². The first-order chi connectivity index (χ1) is 16.0. The molecule has 5 nitrogen and oxygen atoms in total. The van der Waals surface area contributed by atoms with Crippen LogP contribution in [0.25, 0.3) is 10.9 Å². The molecule has 4 aromatic rings. The Morgan fingerprint density at radius 1 is 1.06 bits per heavy atom. The van der Waals surface area contributed by atoms with Gasteiger partial charge >= 0.3 is 0 Å². The fourth-order valence-electron chi connectivity index (χ4n) is 4.19. The summed E-state index contributed by atoms with van der Waals surface area (Å²) in [5.41, 5.74) is 3.31. The number of halogens is 3. The van der Waals surface area contributed by atoms with Crippen LogP contribution in [0.4, 0.5) is 0 Å². The van der Waals surface area contributed by atoms with Crippen molar-refractivity contribution in [2.45, 2.75) is 24.5 Å². The maximum Gasteiger partial charge on any atom is 0.254 e. The number of carbonyl (C=O) groups excluding carboxylic acids is 1. The lowest BCUT2D eigenvalue weighted by molar-refractivity contribution is 0.0932. The molecule has 33 heavy (non-hydrogen) atoms. The zero-order chi connectivity index (χ0) is 22.9. The van der Waals surface area contributed by atoms with Gasteiger partial charge in [-0.15, -0.1) is 0 Å². The Bertz CT molecular complexity index is 1350. The number of H-pyrrole nitrogens is 1. The van der Waals surface area contributed by atoms with Gasteiger partial charge in [0.15, 0.2) is 0 Å². The maximum atomic E-state index is 13.3. The highest BCUT2D eigenvalue weighted by Crippen LogP contribution is 2.39. The Balaban J connectivity index is 1.46. The fraction of sp³-hybridized carbons (Fsp3) is 0.160. The second-order valence-corrected chi connectivity index (χ2v) is 9.73. The van der Waals surface area contributed by atoms with E-state index in [1.165, 1.54) is 0 Å². The molecule has 3 aromatic carbocycles. The van der Waals surface area contributed by atoms with E-state index >= 15 is 0 Å². The number of benzene rings is 3. The van der Waals surface area contributed by atoms with Crippen molar-refractivity contribution in [3.63, 3.8) is 0 Å². The third kappa shape index (κ3) is 4.56. The molecule has 1 aromatic heterocycles. The van der Waals surface area contributed by atoms with Crippen LogP contribution in [0.3, 0.4) is 0 Å². The quantitative estimate of drug-likeness (QED) is 0.267. The third-order valence-electron chi connectivity index (χ3n) is 5.88. The van der Waals surface area contributed by atoms with E-state index < -0.39 is 6.04 Å². The highest BCUT2D eigenvalue weighted by atomic mass is 79.9. The number of para-hydroxylation sites is 1. The van der Waals surface area contributed by atoms with E-state index in [0.29, 0.717) is 22.0 Å². The van der Waals surface area contributed by atoms with Crippen LogP contribution in [-0.2, 0) is 0 Å². The molecule has 2 N–H and O–H groups in total. The van der Waals surface area contributed by atoms with Gasteiger partial charge in [-0.2, -0.15) is 10.2 Å². The van der Waals surface area contributed by atoms with Crippen LogP contribution in [-0.4, -0.2) is 16.9 Å². The summed E-state index contributed by atoms with van der Waals surface area (Å²) in [5.74, 6) is -0.203. The standard InChI is InChI=1S/C25H19BrCl2N4O/c26-15-7-5-14(6-8-15)22-12-23(32-31-22)24(18-10-9-16(27)11-20(18)28)30-25(33)19-13-29-21-4-2-1-3-17(19)21/h1-11,13,22-24,29H,12H2,(H,30,33). The average Bonchev–Trinajstić information content (AvgIpc) is 3.46. The van der Waals surface area contributed by atoms with E-state index in [-0.39, 0.29) is 18.0 Å². The van der Waals surface area contributed by atoms with Gasteiger partial charge < -0.3 is 10.3 Å². The molecule has 1 amide bonds. The van der Waals surface area contributed by atoms with Gasteiger partial charge in [-0.05, 0) is 41.5 Å². The molecule has 8 heteroatoms. The molecule has 0 bridgehead atoms. The van der Waals surface area contributed by atoms with Crippen LogP contribution >= 0.6 is 39.1 Å². The number of azo groups is 1. The van der Waals surface area contributed by atoms with E-state index in [4.69, 9.17) is 23.2 Å². The molecule has 0 aliphatic carbocycles. The molecule has 5 rings (SSSR count). The molecular weight excluding hydrogens is 523 g/mol. The molecular formula is C25H19BrCl2N4O. The Kier molecular flexibility index (Phi) is 6.23. The van der Waals surface area contributed by atoms with Crippen LogP contribution in [0.1, 0.15) is 40.0 Å². The molecule has 0 spiro atoms. The molecule has 1 aliphatic heterocycles. The Morgan fingerprint density at radius 3 is 2.64 bits per heavy atom. The first kappa shape index (κ1) is 22.1. The summed E-state index contributed by atoms with van der Waals surface area (Å²) >= 11 is 16.2. The summed E-state index contributed by atoms with van der Waals surface area (Å²) in [7, 11) is 0. The van der Waals surface area contributed by atoms with Crippen LogP contribution in [0.2, 0.25) is 10.0 Å². The lowest BCUT2D eigenvalue weighted by Gasteiger charge is -2.24. The SMILES string of the molecule is O=C(NC(c1ccc(Cl)cc1Cl)C1CC(c2ccc(Br)cc2)N=N1)c1c[nH]c2ccccc12. The van der Waals surface area contributed by atoms with E-state index in [1.54, 1.807) is 18.3 Å². The van der Waals surface area contributed by atoms with E-state index in [2.05, 4.69) is 36.5 Å². The van der Waals surface area contributed by atoms with Gasteiger partial charge in [-0.3, -0.25) is 4.79 Å². The van der Waals surface area contributed by atoms with Crippen molar-refractivity contribution in [2.24, 2.45) is 10.2 Å². The molecule has 3 atom stereocenters. The number of hydrogen-bond acceptors (Lipinski definition) is 3. The van der Waals surface area contributed by atoms with Gasteiger partial charge in [-0.25, -0.2) is 0 Å². The maximum absolute atomic E-state index is 13.3. The van der Waals surface area contributed by atoms with Gasteiger partial charge in [0.25, 0.3) is 5.91 Å². The predicted octanol–water partition coefficient (Wildman–Crippen LogP) is 7.67. The smallest absolute Gasteiger partial charge is 0.254 e. The largest absolute Gasteiger partial charge is 0.360 e. The number of rotatable bonds is 5. The summed E-state index contributed by atoms with van der Waals surface area (Å²) in [6.45, 7) is 0. The summed E-state index contributed by atoms with van der Waals surface area (Å²) in [4.78, 5) is 16.5. The lowest BCUT2D eigenvalue weighted by atomic mass is 9.93. The number of fused-ring (bicyclic) bond motifs is 1. The number of amides is 1. The lowest BCUT2D eigenvalue weighted by Crippen LogP contribution is -2.35. The van der Waals surface area contributed by atoms with E-state index in [0.717, 1.165) is 26.5 Å². The van der Waals surface area contributed by atoms with Crippen LogP contribution in [0.15, 0.2) is 87.6 Å². The third-order valence-corrected chi connectivity index (χ3v) is 6.97. The minimum atomic E-state index is -0.458. The highest BCUT2D eigenvalue weighted by Gasteiger charge is 2.34.